The second-order valence-electron chi connectivity index (χ2n) is 8.17. The number of carbonyl (C=O) groups excluding carboxylic acids is 1. The quantitative estimate of drug-likeness (QED) is 0.744. The van der Waals surface area contributed by atoms with Crippen molar-refractivity contribution in [2.24, 2.45) is 5.92 Å². The third-order valence-corrected chi connectivity index (χ3v) is 6.25. The van der Waals surface area contributed by atoms with Gasteiger partial charge in [0, 0.05) is 76.6 Å². The molecular formula is C20H33N5O3. The minimum absolute atomic E-state index is 0.145. The predicted molar refractivity (Wildman–Crippen MR) is 106 cm³/mol. The van der Waals surface area contributed by atoms with Gasteiger partial charge in [0.1, 0.15) is 0 Å². The van der Waals surface area contributed by atoms with E-state index >= 15 is 0 Å². The topological polar surface area (TPSA) is 81.9 Å². The monoisotopic (exact) mass is 391 g/mol. The van der Waals surface area contributed by atoms with E-state index in [0.717, 1.165) is 44.8 Å². The number of carbonyl (C=O) groups is 2. The number of piperidine rings is 1. The average molecular weight is 392 g/mol. The summed E-state index contributed by atoms with van der Waals surface area (Å²) in [5, 5.41) is 13.4. The van der Waals surface area contributed by atoms with E-state index in [1.165, 1.54) is 0 Å². The molecule has 1 amide bonds. The molecule has 8 nitrogen and oxygen atoms in total. The Balaban J connectivity index is 1.58. The van der Waals surface area contributed by atoms with Crippen molar-refractivity contribution in [3.63, 3.8) is 0 Å². The molecule has 2 aliphatic heterocycles. The number of aromatic nitrogens is 2. The zero-order valence-electron chi connectivity index (χ0n) is 17.1. The highest BCUT2D eigenvalue weighted by Crippen LogP contribution is 2.27. The molecule has 3 heterocycles. The zero-order valence-corrected chi connectivity index (χ0v) is 17.1. The molecule has 1 aromatic heterocycles. The number of carboxylic acid groups (broad SMARTS) is 1. The van der Waals surface area contributed by atoms with Gasteiger partial charge in [0.2, 0.25) is 5.91 Å². The van der Waals surface area contributed by atoms with Crippen LogP contribution < -0.4 is 0 Å². The van der Waals surface area contributed by atoms with Crippen LogP contribution in [-0.2, 0) is 16.1 Å². The van der Waals surface area contributed by atoms with E-state index in [2.05, 4.69) is 21.9 Å². The van der Waals surface area contributed by atoms with Crippen LogP contribution in [0.25, 0.3) is 0 Å². The smallest absolute Gasteiger partial charge is 0.303 e. The molecule has 1 N–H and O–H groups in total. The number of piperazine rings is 1. The molecule has 1 aromatic rings. The molecule has 2 atom stereocenters. The average Bonchev–Trinajstić information content (AvgIpc) is 3.09. The van der Waals surface area contributed by atoms with Gasteiger partial charge in [-0.15, -0.1) is 0 Å². The summed E-state index contributed by atoms with van der Waals surface area (Å²) in [6, 6.07) is 2.32. The van der Waals surface area contributed by atoms with E-state index in [9.17, 15) is 9.59 Å². The van der Waals surface area contributed by atoms with Crippen molar-refractivity contribution < 1.29 is 14.7 Å². The van der Waals surface area contributed by atoms with Crippen LogP contribution in [0.1, 0.15) is 31.4 Å². The Morgan fingerprint density at radius 2 is 1.93 bits per heavy atom. The molecule has 2 aliphatic rings. The van der Waals surface area contributed by atoms with Gasteiger partial charge in [-0.25, -0.2) is 0 Å². The zero-order chi connectivity index (χ0) is 20.1. The van der Waals surface area contributed by atoms with Gasteiger partial charge in [-0.1, -0.05) is 0 Å². The number of likely N-dealkylation sites (N-methyl/N-ethyl adjacent to an activating group) is 1. The number of carboxylic acids is 1. The first-order valence-electron chi connectivity index (χ1n) is 10.3. The lowest BCUT2D eigenvalue weighted by Crippen LogP contribution is -2.57. The lowest BCUT2D eigenvalue weighted by Gasteiger charge is -2.46. The summed E-state index contributed by atoms with van der Waals surface area (Å²) >= 11 is 0. The Labute approximate surface area is 167 Å². The molecule has 2 saturated heterocycles. The molecule has 0 aromatic carbocycles. The van der Waals surface area contributed by atoms with E-state index in [0.29, 0.717) is 32.0 Å². The van der Waals surface area contributed by atoms with E-state index in [-0.39, 0.29) is 18.2 Å². The Morgan fingerprint density at radius 1 is 1.18 bits per heavy atom. The van der Waals surface area contributed by atoms with Crippen LogP contribution in [0.4, 0.5) is 0 Å². The Bertz CT molecular complexity index is 669. The molecule has 0 aliphatic carbocycles. The first-order chi connectivity index (χ1) is 13.4. The fraction of sp³-hybridized carbons (Fsp3) is 0.750. The van der Waals surface area contributed by atoms with Crippen molar-refractivity contribution in [1.82, 2.24) is 24.5 Å². The third-order valence-electron chi connectivity index (χ3n) is 6.25. The Kier molecular flexibility index (Phi) is 7.07. The maximum atomic E-state index is 12.8. The first kappa shape index (κ1) is 20.8. The van der Waals surface area contributed by atoms with Gasteiger partial charge < -0.3 is 14.9 Å². The van der Waals surface area contributed by atoms with Crippen LogP contribution in [-0.4, -0.2) is 93.8 Å². The Morgan fingerprint density at radius 3 is 2.57 bits per heavy atom. The number of likely N-dealkylation sites (tertiary alicyclic amines) is 1. The van der Waals surface area contributed by atoms with Gasteiger partial charge in [-0.2, -0.15) is 5.10 Å². The molecular weight excluding hydrogens is 358 g/mol. The van der Waals surface area contributed by atoms with Crippen molar-refractivity contribution in [2.75, 3.05) is 46.3 Å². The van der Waals surface area contributed by atoms with Crippen LogP contribution in [0.5, 0.6) is 0 Å². The fourth-order valence-electron chi connectivity index (χ4n) is 4.47. The first-order valence-corrected chi connectivity index (χ1v) is 10.3. The number of hydrogen-bond donors (Lipinski definition) is 1. The highest BCUT2D eigenvalue weighted by Gasteiger charge is 2.35. The van der Waals surface area contributed by atoms with E-state index in [1.807, 2.05) is 22.6 Å². The largest absolute Gasteiger partial charge is 0.481 e. The molecule has 2 fully saturated rings. The molecule has 3 rings (SSSR count). The van der Waals surface area contributed by atoms with E-state index < -0.39 is 5.97 Å². The second kappa shape index (κ2) is 9.52. The highest BCUT2D eigenvalue weighted by atomic mass is 16.4. The maximum Gasteiger partial charge on any atom is 0.303 e. The van der Waals surface area contributed by atoms with Crippen molar-refractivity contribution in [3.8, 4) is 0 Å². The van der Waals surface area contributed by atoms with Gasteiger partial charge in [-0.05, 0) is 38.8 Å². The number of aryl methyl sites for hydroxylation is 2. The third kappa shape index (κ3) is 5.32. The second-order valence-corrected chi connectivity index (χ2v) is 8.17. The van der Waals surface area contributed by atoms with E-state index in [1.54, 1.807) is 6.20 Å². The van der Waals surface area contributed by atoms with Crippen LogP contribution in [0.2, 0.25) is 0 Å². The maximum absolute atomic E-state index is 12.8. The van der Waals surface area contributed by atoms with Gasteiger partial charge >= 0.3 is 5.97 Å². The molecule has 0 unspecified atom stereocenters. The number of rotatable bonds is 7. The van der Waals surface area contributed by atoms with Crippen LogP contribution in [0.3, 0.4) is 0 Å². The summed E-state index contributed by atoms with van der Waals surface area (Å²) in [6.45, 7) is 8.16. The molecule has 8 heteroatoms. The molecule has 0 saturated carbocycles. The molecule has 0 radical (unpaired) electrons. The van der Waals surface area contributed by atoms with Crippen molar-refractivity contribution in [1.29, 1.82) is 0 Å². The summed E-state index contributed by atoms with van der Waals surface area (Å²) in [4.78, 5) is 30.7. The van der Waals surface area contributed by atoms with Crippen LogP contribution in [0.15, 0.2) is 12.3 Å². The van der Waals surface area contributed by atoms with Gasteiger partial charge in [-0.3, -0.25) is 19.2 Å². The van der Waals surface area contributed by atoms with Crippen molar-refractivity contribution in [3.05, 3.63) is 18.0 Å². The van der Waals surface area contributed by atoms with Gasteiger partial charge in [0.15, 0.2) is 0 Å². The standard InChI is InChI=1S/C20H33N5O3/c1-16-5-8-21-25(16)10-7-19(26)24-9-6-18(17(15-24)3-4-20(27)28)23-13-11-22(2)12-14-23/h5,8,17-18H,3-4,6-7,9-15H2,1-2H3,(H,27,28)/t17-,18+/m0/s1. The molecule has 156 valence electrons. The molecule has 28 heavy (non-hydrogen) atoms. The van der Waals surface area contributed by atoms with E-state index in [4.69, 9.17) is 5.11 Å². The van der Waals surface area contributed by atoms with Gasteiger partial charge in [0.05, 0.1) is 0 Å². The summed E-state index contributed by atoms with van der Waals surface area (Å²) in [5.41, 5.74) is 1.06. The van der Waals surface area contributed by atoms with Gasteiger partial charge in [0.25, 0.3) is 0 Å². The number of nitrogens with zero attached hydrogens (tertiary/aromatic N) is 5. The SMILES string of the molecule is Cc1ccnn1CCC(=O)N1CC[C@@H](N2CCN(C)CC2)[C@@H](CCC(=O)O)C1. The Hall–Kier alpha value is -1.93. The summed E-state index contributed by atoms with van der Waals surface area (Å²) in [6.07, 6.45) is 3.93. The summed E-state index contributed by atoms with van der Waals surface area (Å²) < 4.78 is 1.86. The molecule has 0 bridgehead atoms. The minimum Gasteiger partial charge on any atom is -0.481 e. The van der Waals surface area contributed by atoms with Crippen molar-refractivity contribution >= 4 is 11.9 Å². The number of amides is 1. The normalized spacial score (nSPS) is 24.4. The molecule has 0 spiro atoms. The fourth-order valence-corrected chi connectivity index (χ4v) is 4.47. The lowest BCUT2D eigenvalue weighted by atomic mass is 9.86. The minimum atomic E-state index is -0.755. The predicted octanol–water partition coefficient (Wildman–Crippen LogP) is 0.911. The van der Waals surface area contributed by atoms with Crippen molar-refractivity contribution in [2.45, 2.75) is 45.2 Å². The lowest BCUT2D eigenvalue weighted by molar-refractivity contribution is -0.138. The number of hydrogen-bond acceptors (Lipinski definition) is 5. The highest BCUT2D eigenvalue weighted by molar-refractivity contribution is 5.76. The number of aliphatic carboxylic acids is 1. The van der Waals surface area contributed by atoms with Crippen LogP contribution >= 0.6 is 0 Å². The summed E-state index contributed by atoms with van der Waals surface area (Å²) in [5.74, 6) is -0.384. The van der Waals surface area contributed by atoms with Crippen LogP contribution in [0, 0.1) is 12.8 Å². The summed E-state index contributed by atoms with van der Waals surface area (Å²) in [7, 11) is 2.14.